The van der Waals surface area contributed by atoms with Gasteiger partial charge in [0.1, 0.15) is 17.3 Å². The van der Waals surface area contributed by atoms with E-state index < -0.39 is 0 Å². The molecule has 2 aromatic heterocycles. The molecule has 2 aliphatic rings. The minimum atomic E-state index is -0.0530. The minimum absolute atomic E-state index is 0.0530. The second-order valence-corrected chi connectivity index (χ2v) is 9.37. The lowest BCUT2D eigenvalue weighted by molar-refractivity contribution is -0.129. The first-order valence-corrected chi connectivity index (χ1v) is 11.8. The molecule has 0 bridgehead atoms. The van der Waals surface area contributed by atoms with Crippen LogP contribution in [0.15, 0.2) is 30.3 Å². The molecule has 178 valence electrons. The van der Waals surface area contributed by atoms with Crippen molar-refractivity contribution in [1.82, 2.24) is 24.3 Å². The van der Waals surface area contributed by atoms with Gasteiger partial charge in [0.05, 0.1) is 6.54 Å². The van der Waals surface area contributed by atoms with Crippen LogP contribution in [0.3, 0.4) is 0 Å². The van der Waals surface area contributed by atoms with Crippen LogP contribution < -0.4 is 9.80 Å². The van der Waals surface area contributed by atoms with Crippen molar-refractivity contribution in [3.63, 3.8) is 0 Å². The second-order valence-electron chi connectivity index (χ2n) is 9.37. The summed E-state index contributed by atoms with van der Waals surface area (Å²) in [5, 5.41) is 1.15. The van der Waals surface area contributed by atoms with E-state index in [1.54, 1.807) is 6.92 Å². The van der Waals surface area contributed by atoms with Crippen LogP contribution in [0.1, 0.15) is 36.8 Å². The fraction of sp³-hybridized carbons (Fsp3) is 0.440. The lowest BCUT2D eigenvalue weighted by atomic mass is 10.2. The number of carbonyl (C=O) groups excluding carboxylic acids is 2. The Morgan fingerprint density at radius 1 is 1.09 bits per heavy atom. The Morgan fingerprint density at radius 3 is 2.44 bits per heavy atom. The normalized spacial score (nSPS) is 16.1. The van der Waals surface area contributed by atoms with Crippen molar-refractivity contribution in [2.45, 2.75) is 33.4 Å². The Balaban J connectivity index is 1.58. The third-order valence-corrected chi connectivity index (χ3v) is 6.98. The van der Waals surface area contributed by atoms with Gasteiger partial charge >= 0.3 is 0 Å². The van der Waals surface area contributed by atoms with Crippen LogP contribution in [0.4, 0.5) is 17.6 Å². The third kappa shape index (κ3) is 3.55. The maximum Gasteiger partial charge on any atom is 0.273 e. The zero-order valence-corrected chi connectivity index (χ0v) is 20.4. The number of piperazine rings is 1. The summed E-state index contributed by atoms with van der Waals surface area (Å²) in [6.07, 6.45) is 0. The van der Waals surface area contributed by atoms with Crippen molar-refractivity contribution in [2.24, 2.45) is 7.05 Å². The average molecular weight is 462 g/mol. The van der Waals surface area contributed by atoms with Crippen molar-refractivity contribution in [2.75, 3.05) is 43.0 Å². The van der Waals surface area contributed by atoms with Gasteiger partial charge in [0, 0.05) is 69.7 Å². The molecule has 0 aliphatic carbocycles. The zero-order valence-electron chi connectivity index (χ0n) is 20.4. The van der Waals surface area contributed by atoms with Crippen molar-refractivity contribution in [3.8, 4) is 0 Å². The molecule has 2 amide bonds. The van der Waals surface area contributed by atoms with Crippen LogP contribution in [0.25, 0.3) is 10.9 Å². The van der Waals surface area contributed by atoms with Crippen molar-refractivity contribution >= 4 is 40.3 Å². The quantitative estimate of drug-likeness (QED) is 0.595. The molecule has 2 aliphatic heterocycles. The Labute approximate surface area is 199 Å². The summed E-state index contributed by atoms with van der Waals surface area (Å²) in [5.74, 6) is 2.30. The molecule has 1 fully saturated rings. The fourth-order valence-corrected chi connectivity index (χ4v) is 4.92. The Kier molecular flexibility index (Phi) is 5.42. The largest absolute Gasteiger partial charge is 0.339 e. The zero-order chi connectivity index (χ0) is 24.1. The van der Waals surface area contributed by atoms with Gasteiger partial charge in [-0.05, 0) is 26.0 Å². The van der Waals surface area contributed by atoms with E-state index in [9.17, 15) is 9.59 Å². The number of aromatic nitrogens is 3. The van der Waals surface area contributed by atoms with Crippen LogP contribution in [0.5, 0.6) is 0 Å². The van der Waals surface area contributed by atoms with E-state index in [0.717, 1.165) is 28.1 Å². The summed E-state index contributed by atoms with van der Waals surface area (Å²) in [5.41, 5.74) is 2.47. The van der Waals surface area contributed by atoms with E-state index in [1.165, 1.54) is 0 Å². The first-order chi connectivity index (χ1) is 16.3. The third-order valence-electron chi connectivity index (χ3n) is 6.98. The van der Waals surface area contributed by atoms with Gasteiger partial charge in [0.15, 0.2) is 0 Å². The molecule has 9 nitrogen and oxygen atoms in total. The van der Waals surface area contributed by atoms with Crippen LogP contribution >= 0.6 is 0 Å². The predicted molar refractivity (Wildman–Crippen MR) is 132 cm³/mol. The van der Waals surface area contributed by atoms with E-state index in [1.807, 2.05) is 49.9 Å². The maximum atomic E-state index is 13.3. The van der Waals surface area contributed by atoms with E-state index in [4.69, 9.17) is 9.97 Å². The van der Waals surface area contributed by atoms with Gasteiger partial charge < -0.3 is 24.2 Å². The number of nitrogens with zero attached hydrogens (tertiary/aromatic N) is 7. The number of carbonyl (C=O) groups is 2. The molecule has 0 saturated carbocycles. The van der Waals surface area contributed by atoms with Crippen LogP contribution in [-0.2, 0) is 18.4 Å². The molecule has 0 N–H and O–H groups in total. The van der Waals surface area contributed by atoms with Crippen molar-refractivity contribution < 1.29 is 9.59 Å². The Morgan fingerprint density at radius 2 is 1.79 bits per heavy atom. The standard InChI is InChI=1S/C25H31N7O2/c1-16(2)32-15-19-22(24(32)34)26-25(31-12-10-30(11-13-31)17(3)33)27-23(19)29(5)21-14-18-8-6-7-9-20(18)28(21)4/h6-9,14,16H,10-13,15H2,1-5H3. The highest BCUT2D eigenvalue weighted by Crippen LogP contribution is 2.36. The lowest BCUT2D eigenvalue weighted by Gasteiger charge is -2.34. The Bertz CT molecular complexity index is 1270. The van der Waals surface area contributed by atoms with Gasteiger partial charge in [-0.3, -0.25) is 9.59 Å². The van der Waals surface area contributed by atoms with Gasteiger partial charge in [0.2, 0.25) is 11.9 Å². The number of anilines is 3. The van der Waals surface area contributed by atoms with Gasteiger partial charge in [0.25, 0.3) is 5.91 Å². The topological polar surface area (TPSA) is 77.8 Å². The molecule has 9 heteroatoms. The predicted octanol–water partition coefficient (Wildman–Crippen LogP) is 2.77. The monoisotopic (exact) mass is 461 g/mol. The number of fused-ring (bicyclic) bond motifs is 2. The number of aryl methyl sites for hydroxylation is 1. The van der Waals surface area contributed by atoms with E-state index in [2.05, 4.69) is 32.6 Å². The molecule has 34 heavy (non-hydrogen) atoms. The van der Waals surface area contributed by atoms with Gasteiger partial charge in [-0.15, -0.1) is 0 Å². The van der Waals surface area contributed by atoms with E-state index in [-0.39, 0.29) is 17.9 Å². The molecule has 1 aromatic carbocycles. The van der Waals surface area contributed by atoms with Gasteiger partial charge in [-0.25, -0.2) is 4.98 Å². The molecule has 0 unspecified atom stereocenters. The first-order valence-electron chi connectivity index (χ1n) is 11.8. The van der Waals surface area contributed by atoms with Crippen molar-refractivity contribution in [3.05, 3.63) is 41.6 Å². The lowest BCUT2D eigenvalue weighted by Crippen LogP contribution is -2.48. The molecule has 1 saturated heterocycles. The SMILES string of the molecule is CC(=O)N1CCN(c2nc3c(c(N(C)c4cc5ccccc5n4C)n2)CN(C(C)C)C3=O)CC1. The van der Waals surface area contributed by atoms with E-state index >= 15 is 0 Å². The highest BCUT2D eigenvalue weighted by Gasteiger charge is 2.36. The molecule has 4 heterocycles. The average Bonchev–Trinajstić information content (AvgIpc) is 3.35. The fourth-order valence-electron chi connectivity index (χ4n) is 4.92. The van der Waals surface area contributed by atoms with E-state index in [0.29, 0.717) is 44.4 Å². The second kappa shape index (κ2) is 8.30. The highest BCUT2D eigenvalue weighted by molar-refractivity contribution is 5.99. The summed E-state index contributed by atoms with van der Waals surface area (Å²) in [6.45, 7) is 8.64. The number of amides is 2. The molecule has 3 aromatic rings. The Hall–Kier alpha value is -3.62. The molecular weight excluding hydrogens is 430 g/mol. The number of benzene rings is 1. The van der Waals surface area contributed by atoms with Gasteiger partial charge in [-0.1, -0.05) is 18.2 Å². The molecule has 0 spiro atoms. The van der Waals surface area contributed by atoms with Crippen LogP contribution in [-0.4, -0.2) is 75.4 Å². The summed E-state index contributed by atoms with van der Waals surface area (Å²) >= 11 is 0. The summed E-state index contributed by atoms with van der Waals surface area (Å²) < 4.78 is 2.14. The molecule has 0 radical (unpaired) electrons. The first kappa shape index (κ1) is 22.2. The number of rotatable bonds is 4. The number of para-hydroxylation sites is 1. The van der Waals surface area contributed by atoms with Crippen molar-refractivity contribution in [1.29, 1.82) is 0 Å². The maximum absolute atomic E-state index is 13.3. The molecular formula is C25H31N7O2. The summed E-state index contributed by atoms with van der Waals surface area (Å²) in [4.78, 5) is 42.6. The van der Waals surface area contributed by atoms with Crippen LogP contribution in [0, 0.1) is 0 Å². The van der Waals surface area contributed by atoms with Crippen LogP contribution in [0.2, 0.25) is 0 Å². The molecule has 5 rings (SSSR count). The number of hydrogen-bond acceptors (Lipinski definition) is 6. The van der Waals surface area contributed by atoms with Gasteiger partial charge in [-0.2, -0.15) is 4.98 Å². The smallest absolute Gasteiger partial charge is 0.273 e. The summed E-state index contributed by atoms with van der Waals surface area (Å²) in [7, 11) is 4.04. The minimum Gasteiger partial charge on any atom is -0.339 e. The highest BCUT2D eigenvalue weighted by atomic mass is 16.2. The number of hydrogen-bond donors (Lipinski definition) is 0. The summed E-state index contributed by atoms with van der Waals surface area (Å²) in [6, 6.07) is 10.5. The molecule has 0 atom stereocenters.